The summed E-state index contributed by atoms with van der Waals surface area (Å²) in [6.45, 7) is 8.21. The van der Waals surface area contributed by atoms with E-state index in [0.29, 0.717) is 5.92 Å². The Hall–Kier alpha value is -2.13. The van der Waals surface area contributed by atoms with Gasteiger partial charge in [-0.1, -0.05) is 50.2 Å². The Bertz CT molecular complexity index is 841. The molecule has 1 N–H and O–H groups in total. The van der Waals surface area contributed by atoms with Gasteiger partial charge in [0, 0.05) is 23.7 Å². The molecule has 0 bridgehead atoms. The second kappa shape index (κ2) is 7.01. The number of hydrogen-bond donors (Lipinski definition) is 1. The average Bonchev–Trinajstić information content (AvgIpc) is 3.11. The van der Waals surface area contributed by atoms with Crippen molar-refractivity contribution in [2.75, 3.05) is 19.6 Å². The molecule has 4 rings (SSSR count). The largest absolute Gasteiger partial charge is 0.303 e. The number of piperidine rings is 1. The lowest BCUT2D eigenvalue weighted by molar-refractivity contribution is 0.191. The van der Waals surface area contributed by atoms with Crippen molar-refractivity contribution in [1.82, 2.24) is 15.1 Å². The van der Waals surface area contributed by atoms with E-state index in [4.69, 9.17) is 0 Å². The lowest BCUT2D eigenvalue weighted by Gasteiger charge is -2.32. The van der Waals surface area contributed by atoms with Gasteiger partial charge < -0.3 is 4.90 Å². The van der Waals surface area contributed by atoms with Crippen molar-refractivity contribution in [3.63, 3.8) is 0 Å². The van der Waals surface area contributed by atoms with Crippen LogP contribution in [0.15, 0.2) is 48.7 Å². The maximum absolute atomic E-state index is 4.38. The Kier molecular flexibility index (Phi) is 4.58. The van der Waals surface area contributed by atoms with E-state index in [2.05, 4.69) is 71.4 Å². The Labute approximate surface area is 150 Å². The number of hydrogen-bond acceptors (Lipinski definition) is 2. The number of likely N-dealkylation sites (tertiary alicyclic amines) is 1. The van der Waals surface area contributed by atoms with E-state index in [9.17, 15) is 0 Å². The molecule has 1 aliphatic rings. The molecule has 3 nitrogen and oxygen atoms in total. The fourth-order valence-corrected chi connectivity index (χ4v) is 4.11. The zero-order valence-corrected chi connectivity index (χ0v) is 15.2. The Balaban J connectivity index is 1.56. The third-order valence-corrected chi connectivity index (χ3v) is 5.35. The van der Waals surface area contributed by atoms with Crippen LogP contribution in [-0.4, -0.2) is 34.7 Å². The van der Waals surface area contributed by atoms with Crippen LogP contribution in [0.5, 0.6) is 0 Å². The summed E-state index contributed by atoms with van der Waals surface area (Å²) in [7, 11) is 0. The number of fused-ring (bicyclic) bond motifs is 1. The van der Waals surface area contributed by atoms with E-state index in [1.165, 1.54) is 60.1 Å². The Morgan fingerprint density at radius 3 is 2.60 bits per heavy atom. The Morgan fingerprint density at radius 1 is 1.08 bits per heavy atom. The van der Waals surface area contributed by atoms with Gasteiger partial charge >= 0.3 is 0 Å². The van der Waals surface area contributed by atoms with Crippen molar-refractivity contribution >= 4 is 10.8 Å². The van der Waals surface area contributed by atoms with Crippen LogP contribution in [0.3, 0.4) is 0 Å². The van der Waals surface area contributed by atoms with Gasteiger partial charge in [0.2, 0.25) is 0 Å². The molecule has 0 amide bonds. The first-order valence-corrected chi connectivity index (χ1v) is 9.45. The third-order valence-electron chi connectivity index (χ3n) is 5.35. The van der Waals surface area contributed by atoms with Crippen LogP contribution in [0.1, 0.15) is 38.3 Å². The van der Waals surface area contributed by atoms with Crippen molar-refractivity contribution in [3.05, 3.63) is 54.4 Å². The van der Waals surface area contributed by atoms with Crippen molar-refractivity contribution < 1.29 is 0 Å². The SMILES string of the molecule is CC(C)CN1CCC(c2[nH]ncc2-c2ccc3ccccc3c2)CC1. The first kappa shape index (κ1) is 16.3. The zero-order chi connectivity index (χ0) is 17.2. The van der Waals surface area contributed by atoms with Gasteiger partial charge in [-0.05, 0) is 54.3 Å². The molecule has 0 radical (unpaired) electrons. The number of nitrogens with zero attached hydrogens (tertiary/aromatic N) is 2. The predicted molar refractivity (Wildman–Crippen MR) is 105 cm³/mol. The van der Waals surface area contributed by atoms with Crippen molar-refractivity contribution in [3.8, 4) is 11.1 Å². The van der Waals surface area contributed by atoms with Crippen LogP contribution in [0.25, 0.3) is 21.9 Å². The molecule has 0 saturated carbocycles. The Morgan fingerprint density at radius 2 is 1.84 bits per heavy atom. The molecule has 3 heteroatoms. The quantitative estimate of drug-likeness (QED) is 0.723. The van der Waals surface area contributed by atoms with Gasteiger partial charge in [-0.3, -0.25) is 5.10 Å². The molecular weight excluding hydrogens is 306 g/mol. The molecule has 1 saturated heterocycles. The molecule has 1 aliphatic heterocycles. The summed E-state index contributed by atoms with van der Waals surface area (Å²) >= 11 is 0. The minimum absolute atomic E-state index is 0.590. The molecule has 0 aliphatic carbocycles. The summed E-state index contributed by atoms with van der Waals surface area (Å²) in [5.41, 5.74) is 3.86. The average molecular weight is 333 g/mol. The highest BCUT2D eigenvalue weighted by Crippen LogP contribution is 2.35. The smallest absolute Gasteiger partial charge is 0.0568 e. The third kappa shape index (κ3) is 3.47. The van der Waals surface area contributed by atoms with E-state index < -0.39 is 0 Å². The number of benzene rings is 2. The standard InChI is InChI=1S/C22H27N3/c1-16(2)15-25-11-9-18(10-12-25)22-21(14-23-24-22)20-8-7-17-5-3-4-6-19(17)13-20/h3-8,13-14,16,18H,9-12,15H2,1-2H3,(H,23,24). The monoisotopic (exact) mass is 333 g/mol. The second-order valence-electron chi connectivity index (χ2n) is 7.73. The summed E-state index contributed by atoms with van der Waals surface area (Å²) in [5.74, 6) is 1.34. The molecular formula is C22H27N3. The molecule has 25 heavy (non-hydrogen) atoms. The zero-order valence-electron chi connectivity index (χ0n) is 15.2. The maximum Gasteiger partial charge on any atom is 0.0568 e. The second-order valence-corrected chi connectivity index (χ2v) is 7.73. The van der Waals surface area contributed by atoms with Crippen LogP contribution in [0.2, 0.25) is 0 Å². The number of aromatic nitrogens is 2. The van der Waals surface area contributed by atoms with Crippen LogP contribution >= 0.6 is 0 Å². The van der Waals surface area contributed by atoms with Crippen LogP contribution in [0.4, 0.5) is 0 Å². The van der Waals surface area contributed by atoms with E-state index in [1.807, 2.05) is 6.20 Å². The molecule has 0 spiro atoms. The highest BCUT2D eigenvalue weighted by molar-refractivity contribution is 5.87. The molecule has 3 aromatic rings. The normalized spacial score (nSPS) is 16.8. The molecule has 1 fully saturated rings. The number of aromatic amines is 1. The van der Waals surface area contributed by atoms with Crippen molar-refractivity contribution in [2.24, 2.45) is 5.92 Å². The van der Waals surface area contributed by atoms with Crippen molar-refractivity contribution in [1.29, 1.82) is 0 Å². The van der Waals surface area contributed by atoms with Gasteiger partial charge in [-0.2, -0.15) is 5.10 Å². The lowest BCUT2D eigenvalue weighted by Crippen LogP contribution is -2.35. The molecule has 0 atom stereocenters. The summed E-state index contributed by atoms with van der Waals surface area (Å²) in [6.07, 6.45) is 4.44. The minimum atomic E-state index is 0.590. The molecule has 1 aromatic heterocycles. The minimum Gasteiger partial charge on any atom is -0.303 e. The predicted octanol–water partition coefficient (Wildman–Crippen LogP) is 5.07. The summed E-state index contributed by atoms with van der Waals surface area (Å²) in [4.78, 5) is 2.60. The number of H-pyrrole nitrogens is 1. The van der Waals surface area contributed by atoms with E-state index >= 15 is 0 Å². The van der Waals surface area contributed by atoms with Gasteiger partial charge in [0.15, 0.2) is 0 Å². The van der Waals surface area contributed by atoms with Gasteiger partial charge in [-0.25, -0.2) is 0 Å². The van der Waals surface area contributed by atoms with Crippen LogP contribution in [0, 0.1) is 5.92 Å². The van der Waals surface area contributed by atoms with Gasteiger partial charge in [-0.15, -0.1) is 0 Å². The van der Waals surface area contributed by atoms with Gasteiger partial charge in [0.05, 0.1) is 6.20 Å². The molecule has 130 valence electrons. The molecule has 2 heterocycles. The van der Waals surface area contributed by atoms with Crippen molar-refractivity contribution in [2.45, 2.75) is 32.6 Å². The lowest BCUT2D eigenvalue weighted by atomic mass is 9.89. The fraction of sp³-hybridized carbons (Fsp3) is 0.409. The van der Waals surface area contributed by atoms with Crippen LogP contribution < -0.4 is 0 Å². The van der Waals surface area contributed by atoms with E-state index in [1.54, 1.807) is 0 Å². The fourth-order valence-electron chi connectivity index (χ4n) is 4.11. The van der Waals surface area contributed by atoms with Crippen LogP contribution in [-0.2, 0) is 0 Å². The highest BCUT2D eigenvalue weighted by atomic mass is 15.1. The van der Waals surface area contributed by atoms with E-state index in [0.717, 1.165) is 5.92 Å². The number of rotatable bonds is 4. The first-order valence-electron chi connectivity index (χ1n) is 9.45. The molecule has 2 aromatic carbocycles. The first-order chi connectivity index (χ1) is 12.2. The highest BCUT2D eigenvalue weighted by Gasteiger charge is 2.24. The van der Waals surface area contributed by atoms with E-state index in [-0.39, 0.29) is 0 Å². The molecule has 0 unspecified atom stereocenters. The summed E-state index contributed by atoms with van der Waals surface area (Å²) < 4.78 is 0. The summed E-state index contributed by atoms with van der Waals surface area (Å²) in [6, 6.07) is 15.3. The van der Waals surface area contributed by atoms with Gasteiger partial charge in [0.1, 0.15) is 0 Å². The summed E-state index contributed by atoms with van der Waals surface area (Å²) in [5, 5.41) is 10.3. The topological polar surface area (TPSA) is 31.9 Å². The number of nitrogens with one attached hydrogen (secondary N) is 1. The van der Waals surface area contributed by atoms with Gasteiger partial charge in [0.25, 0.3) is 0 Å². The maximum atomic E-state index is 4.38.